The van der Waals surface area contributed by atoms with Crippen molar-refractivity contribution >= 4 is 15.2 Å². The molecular weight excluding hydrogens is 398 g/mol. The molecule has 0 aromatic rings. The van der Waals surface area contributed by atoms with Crippen LogP contribution in [-0.2, 0) is 0 Å². The summed E-state index contributed by atoms with van der Waals surface area (Å²) in [7, 11) is 1.38. The van der Waals surface area contributed by atoms with E-state index in [4.69, 9.17) is 0 Å². The van der Waals surface area contributed by atoms with Crippen LogP contribution in [0.1, 0.15) is 156 Å². The Labute approximate surface area is 195 Å². The number of unbranched alkanes of at least 4 members (excludes halogenated alkanes) is 16. The summed E-state index contributed by atoms with van der Waals surface area (Å²) in [5.74, 6) is 0. The summed E-state index contributed by atoms with van der Waals surface area (Å²) in [5, 5.41) is 0. The normalized spacial score (nSPS) is 12.9. The van der Waals surface area contributed by atoms with Gasteiger partial charge in [-0.15, -0.1) is 0 Å². The molecule has 0 bridgehead atoms. The molecule has 2 heteroatoms. The van der Waals surface area contributed by atoms with E-state index in [0.29, 0.717) is 0 Å². The Hall–Kier alpha value is 0.860. The third-order valence-electron chi connectivity index (χ3n) is 7.06. The second kappa shape index (κ2) is 24.5. The van der Waals surface area contributed by atoms with Crippen LogP contribution in [0.5, 0.6) is 0 Å². The van der Waals surface area contributed by atoms with Gasteiger partial charge >= 0.3 is 196 Å². The van der Waals surface area contributed by atoms with Crippen molar-refractivity contribution in [2.24, 2.45) is 0 Å². The Morgan fingerprint density at radius 1 is 0.367 bits per heavy atom. The van der Waals surface area contributed by atoms with Crippen molar-refractivity contribution in [3.63, 3.8) is 0 Å². The first-order valence-corrected chi connectivity index (χ1v) is 19.3. The van der Waals surface area contributed by atoms with Crippen LogP contribution >= 0.6 is 15.2 Å². The third-order valence-corrected chi connectivity index (χ3v) is 17.6. The standard InChI is InChI=1S/C28H62P2/c1-5-9-13-16-19-22-26-30(29-25-12-8-4,27-23-20-17-14-10-6-2)28-24-21-18-15-11-7-3/h29-30H,5-28H2,1-4H3. The molecule has 0 heterocycles. The van der Waals surface area contributed by atoms with Crippen molar-refractivity contribution in [3.8, 4) is 0 Å². The van der Waals surface area contributed by atoms with Gasteiger partial charge in [-0.2, -0.15) is 0 Å². The predicted octanol–water partition coefficient (Wildman–Crippen LogP) is 11.2. The van der Waals surface area contributed by atoms with Crippen molar-refractivity contribution in [3.05, 3.63) is 0 Å². The third kappa shape index (κ3) is 19.5. The van der Waals surface area contributed by atoms with E-state index in [0.717, 1.165) is 0 Å². The molecule has 0 aromatic heterocycles. The van der Waals surface area contributed by atoms with E-state index >= 15 is 0 Å². The molecule has 0 fully saturated rings. The van der Waals surface area contributed by atoms with Gasteiger partial charge in [-0.1, -0.05) is 0 Å². The molecule has 0 nitrogen and oxygen atoms in total. The van der Waals surface area contributed by atoms with Crippen LogP contribution in [0, 0.1) is 0 Å². The van der Waals surface area contributed by atoms with Gasteiger partial charge in [0.15, 0.2) is 0 Å². The van der Waals surface area contributed by atoms with Crippen LogP contribution in [0.15, 0.2) is 0 Å². The first kappa shape index (κ1) is 30.9. The van der Waals surface area contributed by atoms with Crippen LogP contribution in [-0.4, -0.2) is 24.6 Å². The van der Waals surface area contributed by atoms with Gasteiger partial charge in [-0.25, -0.2) is 0 Å². The quantitative estimate of drug-likeness (QED) is 0.0938. The number of rotatable bonds is 25. The predicted molar refractivity (Wildman–Crippen MR) is 151 cm³/mol. The SMILES string of the molecule is CCCCCCCC[PH](CCCCCCCC)(CCCCCCCC)PCCCC. The molecule has 0 rings (SSSR count). The summed E-state index contributed by atoms with van der Waals surface area (Å²) >= 11 is 0. The van der Waals surface area contributed by atoms with Crippen molar-refractivity contribution in [1.29, 1.82) is 0 Å². The van der Waals surface area contributed by atoms with Crippen molar-refractivity contribution in [2.45, 2.75) is 156 Å². The maximum atomic E-state index is 2.39. The molecular formula is C28H62P2. The van der Waals surface area contributed by atoms with Crippen LogP contribution in [0.3, 0.4) is 0 Å². The van der Waals surface area contributed by atoms with Gasteiger partial charge in [-0.3, -0.25) is 0 Å². The first-order chi connectivity index (χ1) is 14.7. The van der Waals surface area contributed by atoms with Gasteiger partial charge in [0.25, 0.3) is 0 Å². The van der Waals surface area contributed by atoms with Gasteiger partial charge in [0.05, 0.1) is 0 Å². The van der Waals surface area contributed by atoms with Crippen molar-refractivity contribution in [1.82, 2.24) is 0 Å². The molecule has 0 aliphatic rings. The molecule has 1 atom stereocenters. The minimum atomic E-state index is -1.01. The van der Waals surface area contributed by atoms with Gasteiger partial charge in [-0.05, 0) is 0 Å². The monoisotopic (exact) mass is 460 g/mol. The molecule has 0 aromatic carbocycles. The Balaban J connectivity index is 4.61. The van der Waals surface area contributed by atoms with E-state index in [9.17, 15) is 0 Å². The van der Waals surface area contributed by atoms with Gasteiger partial charge < -0.3 is 0 Å². The molecule has 0 N–H and O–H groups in total. The fraction of sp³-hybridized carbons (Fsp3) is 1.00. The summed E-state index contributed by atoms with van der Waals surface area (Å²) in [5.41, 5.74) is 0. The first-order valence-electron chi connectivity index (χ1n) is 14.5. The zero-order valence-corrected chi connectivity index (χ0v) is 24.0. The van der Waals surface area contributed by atoms with Crippen LogP contribution < -0.4 is 0 Å². The number of hydrogen-bond acceptors (Lipinski definition) is 0. The van der Waals surface area contributed by atoms with Crippen LogP contribution in [0.4, 0.5) is 0 Å². The van der Waals surface area contributed by atoms with Crippen molar-refractivity contribution in [2.75, 3.05) is 24.6 Å². The van der Waals surface area contributed by atoms with E-state index in [-0.39, 0.29) is 0 Å². The summed E-state index contributed by atoms with van der Waals surface area (Å²) in [6.45, 7) is 8.40. The van der Waals surface area contributed by atoms with E-state index in [1.807, 2.05) is 0 Å². The molecule has 0 saturated heterocycles. The Morgan fingerprint density at radius 3 is 1.00 bits per heavy atom. The van der Waals surface area contributed by atoms with Crippen LogP contribution in [0.25, 0.3) is 0 Å². The topological polar surface area (TPSA) is 0 Å². The molecule has 184 valence electrons. The van der Waals surface area contributed by atoms with Gasteiger partial charge in [0, 0.05) is 0 Å². The summed E-state index contributed by atoms with van der Waals surface area (Å²) in [6.07, 6.45) is 36.3. The molecule has 0 spiro atoms. The van der Waals surface area contributed by atoms with Crippen LogP contribution in [0.2, 0.25) is 0 Å². The molecule has 0 aliphatic carbocycles. The van der Waals surface area contributed by atoms with Gasteiger partial charge in [0.1, 0.15) is 0 Å². The summed E-state index contributed by atoms with van der Waals surface area (Å²) < 4.78 is 0. The molecule has 0 saturated carbocycles. The zero-order valence-electron chi connectivity index (χ0n) is 22.0. The van der Waals surface area contributed by atoms with E-state index in [1.54, 1.807) is 43.9 Å². The fourth-order valence-electron chi connectivity index (χ4n) is 4.90. The minimum absolute atomic E-state index is 1.01. The Morgan fingerprint density at radius 2 is 0.667 bits per heavy atom. The Kier molecular flexibility index (Phi) is 25.2. The zero-order chi connectivity index (χ0) is 22.2. The molecule has 0 aliphatic heterocycles. The van der Waals surface area contributed by atoms with Gasteiger partial charge in [0.2, 0.25) is 0 Å². The molecule has 0 radical (unpaired) electrons. The summed E-state index contributed by atoms with van der Waals surface area (Å²) in [6, 6.07) is 0. The average Bonchev–Trinajstić information content (AvgIpc) is 2.75. The molecule has 30 heavy (non-hydrogen) atoms. The van der Waals surface area contributed by atoms with E-state index < -0.39 is 6.95 Å². The maximum absolute atomic E-state index is 2.39. The van der Waals surface area contributed by atoms with E-state index in [2.05, 4.69) is 27.7 Å². The summed E-state index contributed by atoms with van der Waals surface area (Å²) in [4.78, 5) is 0. The van der Waals surface area contributed by atoms with Crippen molar-refractivity contribution < 1.29 is 0 Å². The molecule has 0 amide bonds. The van der Waals surface area contributed by atoms with E-state index in [1.165, 1.54) is 117 Å². The average molecular weight is 461 g/mol. The Bertz CT molecular complexity index is 275. The fourth-order valence-corrected chi connectivity index (χ4v) is 15.3. The molecule has 1 unspecified atom stereocenters. The second-order valence-corrected chi connectivity index (χ2v) is 19.3. The number of hydrogen-bond donors (Lipinski definition) is 0. The second-order valence-electron chi connectivity index (χ2n) is 10.1.